The van der Waals surface area contributed by atoms with E-state index in [0.717, 1.165) is 21.0 Å². The lowest BCUT2D eigenvalue weighted by atomic mass is 10.3. The third-order valence-electron chi connectivity index (χ3n) is 1.90. The number of rotatable bonds is 5. The fraction of sp³-hybridized carbons (Fsp3) is 0.100. The first-order chi connectivity index (χ1) is 9.04. The quantitative estimate of drug-likeness (QED) is 0.560. The molecule has 0 aliphatic carbocycles. The number of aromatic nitrogens is 2. The molecule has 1 aromatic heterocycles. The van der Waals surface area contributed by atoms with Gasteiger partial charge in [0, 0.05) is 3.57 Å². The molecule has 0 spiro atoms. The van der Waals surface area contributed by atoms with E-state index in [0.29, 0.717) is 14.5 Å². The average molecular weight is 428 g/mol. The maximum Gasteiger partial charge on any atom is 0.313 e. The highest BCUT2D eigenvalue weighted by atomic mass is 127. The Morgan fingerprint density at radius 2 is 2.32 bits per heavy atom. The maximum absolute atomic E-state index is 10.5. The van der Waals surface area contributed by atoms with Crippen molar-refractivity contribution in [2.45, 2.75) is 4.34 Å². The number of hydrogen-bond donors (Lipinski definition) is 2. The Labute approximate surface area is 135 Å². The summed E-state index contributed by atoms with van der Waals surface area (Å²) in [5.74, 6) is -0.908. The number of thioether (sulfide) groups is 1. The van der Waals surface area contributed by atoms with Crippen molar-refractivity contribution in [3.8, 4) is 0 Å². The third-order valence-corrected chi connectivity index (χ3v) is 4.85. The summed E-state index contributed by atoms with van der Waals surface area (Å²) in [6.45, 7) is 0. The normalized spacial score (nSPS) is 10.4. The maximum atomic E-state index is 10.5. The Morgan fingerprint density at radius 1 is 1.53 bits per heavy atom. The van der Waals surface area contributed by atoms with E-state index in [-0.39, 0.29) is 5.75 Å². The molecule has 0 aliphatic heterocycles. The van der Waals surface area contributed by atoms with Gasteiger partial charge in [0.1, 0.15) is 0 Å². The van der Waals surface area contributed by atoms with E-state index < -0.39 is 5.97 Å². The lowest BCUT2D eigenvalue weighted by molar-refractivity contribution is -0.133. The lowest BCUT2D eigenvalue weighted by Crippen LogP contribution is -1.96. The number of aliphatic carboxylic acids is 1. The van der Waals surface area contributed by atoms with E-state index in [4.69, 9.17) is 16.7 Å². The highest BCUT2D eigenvalue weighted by molar-refractivity contribution is 14.1. The van der Waals surface area contributed by atoms with Gasteiger partial charge in [0.2, 0.25) is 5.13 Å². The zero-order valence-electron chi connectivity index (χ0n) is 9.26. The number of halogens is 2. The van der Waals surface area contributed by atoms with Gasteiger partial charge in [-0.2, -0.15) is 0 Å². The number of anilines is 2. The van der Waals surface area contributed by atoms with Crippen LogP contribution in [-0.4, -0.2) is 27.0 Å². The summed E-state index contributed by atoms with van der Waals surface area (Å²) >= 11 is 10.7. The predicted molar refractivity (Wildman–Crippen MR) is 85.7 cm³/mol. The van der Waals surface area contributed by atoms with Gasteiger partial charge in [-0.25, -0.2) is 0 Å². The first kappa shape index (κ1) is 14.8. The molecule has 100 valence electrons. The van der Waals surface area contributed by atoms with Crippen molar-refractivity contribution < 1.29 is 9.90 Å². The molecule has 0 amide bonds. The smallest absolute Gasteiger partial charge is 0.313 e. The summed E-state index contributed by atoms with van der Waals surface area (Å²) in [5.41, 5.74) is 0.750. The van der Waals surface area contributed by atoms with Gasteiger partial charge in [0.05, 0.1) is 16.5 Å². The molecule has 2 rings (SSSR count). The minimum Gasteiger partial charge on any atom is -0.481 e. The van der Waals surface area contributed by atoms with Crippen LogP contribution < -0.4 is 5.32 Å². The van der Waals surface area contributed by atoms with Crippen LogP contribution in [0.2, 0.25) is 5.02 Å². The fourth-order valence-corrected chi connectivity index (χ4v) is 3.29. The van der Waals surface area contributed by atoms with Gasteiger partial charge in [-0.15, -0.1) is 10.2 Å². The standard InChI is InChI=1S/C10H7ClIN3O2S2/c11-6-2-1-5(12)3-7(6)13-9-14-15-10(19-9)18-4-8(16)17/h1-3H,4H2,(H,13,14)(H,16,17). The van der Waals surface area contributed by atoms with Crippen molar-refractivity contribution in [2.75, 3.05) is 11.1 Å². The van der Waals surface area contributed by atoms with Crippen LogP contribution in [0, 0.1) is 3.57 Å². The van der Waals surface area contributed by atoms with Gasteiger partial charge in [0.25, 0.3) is 0 Å². The molecule has 1 heterocycles. The Kier molecular flexibility index (Phi) is 5.25. The number of nitrogens with zero attached hydrogens (tertiary/aromatic N) is 2. The minimum atomic E-state index is -0.879. The Balaban J connectivity index is 2.07. The number of hydrogen-bond acceptors (Lipinski definition) is 6. The number of carboxylic acid groups (broad SMARTS) is 1. The van der Waals surface area contributed by atoms with Gasteiger partial charge in [-0.05, 0) is 40.8 Å². The largest absolute Gasteiger partial charge is 0.481 e. The van der Waals surface area contributed by atoms with Crippen LogP contribution in [0.5, 0.6) is 0 Å². The molecule has 0 aliphatic rings. The zero-order valence-corrected chi connectivity index (χ0v) is 13.8. The number of carboxylic acids is 1. The van der Waals surface area contributed by atoms with Crippen molar-refractivity contribution in [1.29, 1.82) is 0 Å². The van der Waals surface area contributed by atoms with Gasteiger partial charge in [0.15, 0.2) is 4.34 Å². The van der Waals surface area contributed by atoms with Gasteiger partial charge in [-0.1, -0.05) is 34.7 Å². The van der Waals surface area contributed by atoms with E-state index in [2.05, 4.69) is 38.1 Å². The molecule has 5 nitrogen and oxygen atoms in total. The first-order valence-electron chi connectivity index (χ1n) is 4.95. The minimum absolute atomic E-state index is 0.0291. The fourth-order valence-electron chi connectivity index (χ4n) is 1.15. The summed E-state index contributed by atoms with van der Waals surface area (Å²) in [5, 5.41) is 20.7. The number of nitrogens with one attached hydrogen (secondary N) is 1. The van der Waals surface area contributed by atoms with Gasteiger partial charge >= 0.3 is 5.97 Å². The van der Waals surface area contributed by atoms with Gasteiger partial charge in [-0.3, -0.25) is 4.79 Å². The van der Waals surface area contributed by atoms with E-state index in [1.54, 1.807) is 6.07 Å². The van der Waals surface area contributed by atoms with Crippen LogP contribution in [0.15, 0.2) is 22.5 Å². The van der Waals surface area contributed by atoms with Crippen LogP contribution in [-0.2, 0) is 4.79 Å². The molecular formula is C10H7ClIN3O2S2. The SMILES string of the molecule is O=C(O)CSc1nnc(Nc2cc(I)ccc2Cl)s1. The zero-order chi connectivity index (χ0) is 13.8. The lowest BCUT2D eigenvalue weighted by Gasteiger charge is -2.04. The molecule has 2 N–H and O–H groups in total. The van der Waals surface area contributed by atoms with Crippen molar-refractivity contribution in [3.63, 3.8) is 0 Å². The molecule has 0 unspecified atom stereocenters. The summed E-state index contributed by atoms with van der Waals surface area (Å²) in [4.78, 5) is 10.5. The summed E-state index contributed by atoms with van der Waals surface area (Å²) in [6.07, 6.45) is 0. The Bertz CT molecular complexity index is 608. The highest BCUT2D eigenvalue weighted by Crippen LogP contribution is 2.31. The summed E-state index contributed by atoms with van der Waals surface area (Å²) in [7, 11) is 0. The second-order valence-electron chi connectivity index (χ2n) is 3.30. The van der Waals surface area contributed by atoms with Crippen molar-refractivity contribution >= 4 is 74.1 Å². The second-order valence-corrected chi connectivity index (χ2v) is 7.16. The van der Waals surface area contributed by atoms with Gasteiger partial charge < -0.3 is 10.4 Å². The van der Waals surface area contributed by atoms with Crippen molar-refractivity contribution in [3.05, 3.63) is 26.8 Å². The Morgan fingerprint density at radius 3 is 3.05 bits per heavy atom. The third kappa shape index (κ3) is 4.48. The molecule has 19 heavy (non-hydrogen) atoms. The number of carbonyl (C=O) groups is 1. The topological polar surface area (TPSA) is 75.1 Å². The predicted octanol–water partition coefficient (Wildman–Crippen LogP) is 3.72. The molecule has 0 saturated carbocycles. The average Bonchev–Trinajstić information content (AvgIpc) is 2.79. The monoisotopic (exact) mass is 427 g/mol. The molecule has 0 fully saturated rings. The second kappa shape index (κ2) is 6.73. The molecule has 0 saturated heterocycles. The van der Waals surface area contributed by atoms with E-state index in [1.165, 1.54) is 11.3 Å². The van der Waals surface area contributed by atoms with Crippen LogP contribution in [0.3, 0.4) is 0 Å². The molecule has 2 aromatic rings. The van der Waals surface area contributed by atoms with Crippen molar-refractivity contribution in [1.82, 2.24) is 10.2 Å². The van der Waals surface area contributed by atoms with Crippen LogP contribution >= 0.6 is 57.3 Å². The van der Waals surface area contributed by atoms with E-state index in [9.17, 15) is 4.79 Å². The Hall–Kier alpha value is -0.580. The summed E-state index contributed by atoms with van der Waals surface area (Å²) in [6, 6.07) is 5.60. The molecule has 0 atom stereocenters. The molecular weight excluding hydrogens is 421 g/mol. The molecule has 9 heteroatoms. The first-order valence-corrected chi connectivity index (χ1v) is 8.20. The highest BCUT2D eigenvalue weighted by Gasteiger charge is 2.09. The van der Waals surface area contributed by atoms with Crippen LogP contribution in [0.1, 0.15) is 0 Å². The van der Waals surface area contributed by atoms with E-state index >= 15 is 0 Å². The molecule has 1 aromatic carbocycles. The van der Waals surface area contributed by atoms with Crippen LogP contribution in [0.4, 0.5) is 10.8 Å². The number of benzene rings is 1. The molecule has 0 radical (unpaired) electrons. The van der Waals surface area contributed by atoms with Crippen LogP contribution in [0.25, 0.3) is 0 Å². The summed E-state index contributed by atoms with van der Waals surface area (Å²) < 4.78 is 1.65. The molecule has 0 bridgehead atoms. The van der Waals surface area contributed by atoms with Crippen molar-refractivity contribution in [2.24, 2.45) is 0 Å². The van der Waals surface area contributed by atoms with E-state index in [1.807, 2.05) is 12.1 Å².